The molecule has 0 spiro atoms. The van der Waals surface area contributed by atoms with Crippen molar-refractivity contribution in [3.05, 3.63) is 0 Å². The summed E-state index contributed by atoms with van der Waals surface area (Å²) in [5.41, 5.74) is 5.62. The predicted octanol–water partition coefficient (Wildman–Crippen LogP) is 0.729. The lowest BCUT2D eigenvalue weighted by Crippen LogP contribution is -2.80. The number of amides is 1. The number of fused-ring (bicyclic) bond motifs is 1. The van der Waals surface area contributed by atoms with E-state index in [1.807, 2.05) is 0 Å². The molecule has 0 radical (unpaired) electrons. The third-order valence-electron chi connectivity index (χ3n) is 6.64. The van der Waals surface area contributed by atoms with Gasteiger partial charge in [-0.25, -0.2) is 0 Å². The zero-order valence-corrected chi connectivity index (χ0v) is 13.7. The monoisotopic (exact) mass is 295 g/mol. The number of hydrogen-bond donors (Lipinski definition) is 2. The smallest absolute Gasteiger partial charge is 0.241 e. The summed E-state index contributed by atoms with van der Waals surface area (Å²) < 4.78 is 5.76. The van der Waals surface area contributed by atoms with Gasteiger partial charge in [-0.2, -0.15) is 0 Å². The second-order valence-electron chi connectivity index (χ2n) is 7.93. The Morgan fingerprint density at radius 1 is 1.38 bits per heavy atom. The van der Waals surface area contributed by atoms with Gasteiger partial charge in [0.2, 0.25) is 5.91 Å². The number of carbonyl (C=O) groups excluding carboxylic acids is 1. The van der Waals surface area contributed by atoms with Gasteiger partial charge in [0.05, 0.1) is 6.10 Å². The zero-order valence-electron chi connectivity index (χ0n) is 13.7. The van der Waals surface area contributed by atoms with E-state index in [2.05, 4.69) is 38.2 Å². The average Bonchev–Trinajstić information content (AvgIpc) is 2.83. The topological polar surface area (TPSA) is 67.6 Å². The molecule has 3 rings (SSSR count). The van der Waals surface area contributed by atoms with Crippen LogP contribution in [-0.2, 0) is 9.53 Å². The number of nitrogens with one attached hydrogen (secondary N) is 1. The van der Waals surface area contributed by atoms with E-state index >= 15 is 0 Å². The molecule has 2 saturated carbocycles. The first-order valence-corrected chi connectivity index (χ1v) is 8.12. The molecule has 3 unspecified atom stereocenters. The molecule has 0 aromatic carbocycles. The van der Waals surface area contributed by atoms with Crippen molar-refractivity contribution < 1.29 is 9.53 Å². The Hall–Kier alpha value is -0.650. The number of ether oxygens (including phenoxy) is 1. The minimum atomic E-state index is -0.786. The van der Waals surface area contributed by atoms with Crippen LogP contribution in [0.5, 0.6) is 0 Å². The molecule has 3 N–H and O–H groups in total. The lowest BCUT2D eigenvalue weighted by Gasteiger charge is -2.61. The van der Waals surface area contributed by atoms with E-state index in [4.69, 9.17) is 10.5 Å². The summed E-state index contributed by atoms with van der Waals surface area (Å²) >= 11 is 0. The van der Waals surface area contributed by atoms with Crippen LogP contribution in [0.25, 0.3) is 0 Å². The number of nitrogens with two attached hydrogens (primary N) is 1. The molecule has 21 heavy (non-hydrogen) atoms. The molecule has 0 bridgehead atoms. The Morgan fingerprint density at radius 3 is 2.57 bits per heavy atom. The minimum absolute atomic E-state index is 0.00683. The van der Waals surface area contributed by atoms with Gasteiger partial charge in [-0.15, -0.1) is 0 Å². The molecule has 1 saturated heterocycles. The third-order valence-corrected chi connectivity index (χ3v) is 6.64. The molecule has 1 heterocycles. The van der Waals surface area contributed by atoms with Crippen molar-refractivity contribution in [3.8, 4) is 0 Å². The van der Waals surface area contributed by atoms with E-state index in [9.17, 15) is 4.79 Å². The summed E-state index contributed by atoms with van der Waals surface area (Å²) in [4.78, 5) is 15.0. The molecular weight excluding hydrogens is 266 g/mol. The second kappa shape index (κ2) is 4.67. The van der Waals surface area contributed by atoms with Gasteiger partial charge in [0.25, 0.3) is 0 Å². The number of carbonyl (C=O) groups is 1. The summed E-state index contributed by atoms with van der Waals surface area (Å²) in [7, 11) is 4.19. The summed E-state index contributed by atoms with van der Waals surface area (Å²) in [5, 5.41) is 3.16. The molecule has 3 atom stereocenters. The van der Waals surface area contributed by atoms with E-state index in [0.29, 0.717) is 6.54 Å². The van der Waals surface area contributed by atoms with E-state index in [1.54, 1.807) is 0 Å². The standard InChI is InChI=1S/C16H29N3O2/c1-14(2)12-11(6-9-21-12)16(14,17)13(20)18-10-15(19(3)4)7-5-8-15/h11-12H,5-10,17H2,1-4H3,(H,18,20). The number of likely N-dealkylation sites (N-methyl/N-ethyl adjacent to an activating group) is 1. The first-order chi connectivity index (χ1) is 9.76. The van der Waals surface area contributed by atoms with Crippen molar-refractivity contribution in [1.29, 1.82) is 0 Å². The Balaban J connectivity index is 1.68. The van der Waals surface area contributed by atoms with Gasteiger partial charge in [0.15, 0.2) is 0 Å². The van der Waals surface area contributed by atoms with Gasteiger partial charge in [-0.3, -0.25) is 4.79 Å². The van der Waals surface area contributed by atoms with E-state index < -0.39 is 5.54 Å². The fourth-order valence-electron chi connectivity index (χ4n) is 4.60. The van der Waals surface area contributed by atoms with Gasteiger partial charge in [-0.05, 0) is 39.8 Å². The molecule has 0 aromatic rings. The molecule has 1 aliphatic heterocycles. The molecule has 3 aliphatic rings. The molecule has 1 amide bonds. The number of nitrogens with zero attached hydrogens (tertiary/aromatic N) is 1. The summed E-state index contributed by atoms with van der Waals surface area (Å²) in [6.45, 7) is 5.55. The van der Waals surface area contributed by atoms with Crippen molar-refractivity contribution in [3.63, 3.8) is 0 Å². The average molecular weight is 295 g/mol. The highest BCUT2D eigenvalue weighted by Crippen LogP contribution is 2.58. The molecule has 2 aliphatic carbocycles. The van der Waals surface area contributed by atoms with Gasteiger partial charge in [0.1, 0.15) is 5.54 Å². The van der Waals surface area contributed by atoms with Gasteiger partial charge in [-0.1, -0.05) is 13.8 Å². The van der Waals surface area contributed by atoms with Crippen molar-refractivity contribution in [1.82, 2.24) is 10.2 Å². The zero-order chi connectivity index (χ0) is 15.5. The maximum atomic E-state index is 12.8. The molecule has 5 heteroatoms. The van der Waals surface area contributed by atoms with Crippen LogP contribution in [0.4, 0.5) is 0 Å². The quantitative estimate of drug-likeness (QED) is 0.802. The van der Waals surface area contributed by atoms with Crippen LogP contribution < -0.4 is 11.1 Å². The molecule has 3 fully saturated rings. The van der Waals surface area contributed by atoms with Crippen molar-refractivity contribution in [2.45, 2.75) is 56.7 Å². The van der Waals surface area contributed by atoms with Crippen LogP contribution in [0.3, 0.4) is 0 Å². The first kappa shape index (κ1) is 15.3. The highest BCUT2D eigenvalue weighted by Gasteiger charge is 2.71. The number of rotatable bonds is 4. The van der Waals surface area contributed by atoms with Gasteiger partial charge in [0, 0.05) is 30.0 Å². The van der Waals surface area contributed by atoms with Crippen LogP contribution in [0, 0.1) is 11.3 Å². The van der Waals surface area contributed by atoms with E-state index in [-0.39, 0.29) is 28.9 Å². The summed E-state index contributed by atoms with van der Waals surface area (Å²) in [6.07, 6.45) is 4.58. The first-order valence-electron chi connectivity index (χ1n) is 8.12. The molecule has 5 nitrogen and oxygen atoms in total. The maximum Gasteiger partial charge on any atom is 0.241 e. The number of hydrogen-bond acceptors (Lipinski definition) is 4. The van der Waals surface area contributed by atoms with Gasteiger partial charge >= 0.3 is 0 Å². The lowest BCUT2D eigenvalue weighted by molar-refractivity contribution is -0.176. The maximum absolute atomic E-state index is 12.8. The molecular formula is C16H29N3O2. The Labute approximate surface area is 127 Å². The largest absolute Gasteiger partial charge is 0.377 e. The van der Waals surface area contributed by atoms with E-state index in [0.717, 1.165) is 25.9 Å². The third kappa shape index (κ3) is 1.83. The fourth-order valence-corrected chi connectivity index (χ4v) is 4.60. The van der Waals surface area contributed by atoms with Crippen LogP contribution in [0.1, 0.15) is 39.5 Å². The van der Waals surface area contributed by atoms with Gasteiger partial charge < -0.3 is 20.7 Å². The van der Waals surface area contributed by atoms with Crippen LogP contribution >= 0.6 is 0 Å². The molecule has 120 valence electrons. The Bertz CT molecular complexity index is 445. The predicted molar refractivity (Wildman–Crippen MR) is 81.8 cm³/mol. The lowest BCUT2D eigenvalue weighted by atomic mass is 9.48. The van der Waals surface area contributed by atoms with E-state index in [1.165, 1.54) is 6.42 Å². The Kier molecular flexibility index (Phi) is 3.39. The van der Waals surface area contributed by atoms with Crippen molar-refractivity contribution in [2.24, 2.45) is 17.1 Å². The second-order valence-corrected chi connectivity index (χ2v) is 7.93. The molecule has 0 aromatic heterocycles. The summed E-state index contributed by atoms with van der Waals surface area (Å²) in [5.74, 6) is 0.177. The van der Waals surface area contributed by atoms with Crippen LogP contribution in [0.2, 0.25) is 0 Å². The van der Waals surface area contributed by atoms with Crippen molar-refractivity contribution in [2.75, 3.05) is 27.2 Å². The highest BCUT2D eigenvalue weighted by molar-refractivity contribution is 5.89. The fraction of sp³-hybridized carbons (Fsp3) is 0.938. The highest BCUT2D eigenvalue weighted by atomic mass is 16.5. The normalized spacial score (nSPS) is 39.3. The van der Waals surface area contributed by atoms with Crippen molar-refractivity contribution >= 4 is 5.91 Å². The summed E-state index contributed by atoms with van der Waals surface area (Å²) in [6, 6.07) is 0. The minimum Gasteiger partial charge on any atom is -0.377 e. The Morgan fingerprint density at radius 2 is 2.05 bits per heavy atom. The van der Waals surface area contributed by atoms with Crippen LogP contribution in [0.15, 0.2) is 0 Å². The van der Waals surface area contributed by atoms with Crippen LogP contribution in [-0.4, -0.2) is 55.2 Å². The SMILES string of the molecule is CN(C)C1(CNC(=O)C2(N)C3CCOC3C2(C)C)CCC1.